The van der Waals surface area contributed by atoms with Crippen LogP contribution in [0.25, 0.3) is 17.1 Å². The Morgan fingerprint density at radius 3 is 2.52 bits per heavy atom. The molecule has 0 unspecified atom stereocenters. The highest BCUT2D eigenvalue weighted by molar-refractivity contribution is 14.0. The summed E-state index contributed by atoms with van der Waals surface area (Å²) in [6.45, 7) is 3.01. The minimum atomic E-state index is 0. The van der Waals surface area contributed by atoms with Crippen molar-refractivity contribution in [3.63, 3.8) is 0 Å². The average Bonchev–Trinajstić information content (AvgIpc) is 3.45. The van der Waals surface area contributed by atoms with E-state index in [1.54, 1.807) is 19.6 Å². The number of para-hydroxylation sites is 1. The van der Waals surface area contributed by atoms with Crippen molar-refractivity contribution < 1.29 is 4.42 Å². The first kappa shape index (κ1) is 22.5. The monoisotopic (exact) mass is 529 g/mol. The lowest BCUT2D eigenvalue weighted by Gasteiger charge is -2.11. The third-order valence-corrected chi connectivity index (χ3v) is 4.58. The zero-order valence-electron chi connectivity index (χ0n) is 17.3. The number of aryl methyl sites for hydroxylation is 1. The van der Waals surface area contributed by atoms with Crippen LogP contribution in [-0.2, 0) is 13.1 Å². The fourth-order valence-electron chi connectivity index (χ4n) is 2.96. The summed E-state index contributed by atoms with van der Waals surface area (Å²) in [4.78, 5) is 8.80. The van der Waals surface area contributed by atoms with Crippen LogP contribution in [0.4, 0.5) is 0 Å². The first-order chi connectivity index (χ1) is 14.7. The smallest absolute Gasteiger partial charge is 0.226 e. The Kier molecular flexibility index (Phi) is 7.76. The maximum Gasteiger partial charge on any atom is 0.226 e. The molecule has 160 valence electrons. The number of hydrogen-bond acceptors (Lipinski definition) is 5. The van der Waals surface area contributed by atoms with Crippen molar-refractivity contribution in [1.29, 1.82) is 0 Å². The van der Waals surface area contributed by atoms with Crippen LogP contribution in [0, 0.1) is 6.92 Å². The van der Waals surface area contributed by atoms with E-state index in [4.69, 9.17) is 4.42 Å². The van der Waals surface area contributed by atoms with E-state index in [0.29, 0.717) is 24.9 Å². The van der Waals surface area contributed by atoms with Crippen LogP contribution in [0.3, 0.4) is 0 Å². The molecule has 0 saturated carbocycles. The van der Waals surface area contributed by atoms with Gasteiger partial charge in [0.05, 0.1) is 18.8 Å². The van der Waals surface area contributed by atoms with Gasteiger partial charge in [-0.2, -0.15) is 0 Å². The molecule has 9 heteroatoms. The normalized spacial score (nSPS) is 11.1. The highest BCUT2D eigenvalue weighted by Crippen LogP contribution is 2.19. The molecule has 31 heavy (non-hydrogen) atoms. The number of rotatable bonds is 6. The van der Waals surface area contributed by atoms with E-state index in [9.17, 15) is 0 Å². The van der Waals surface area contributed by atoms with Gasteiger partial charge in [0.25, 0.3) is 0 Å². The summed E-state index contributed by atoms with van der Waals surface area (Å²) in [5.41, 5.74) is 3.95. The average molecular weight is 529 g/mol. The molecular formula is C22H24IN7O. The molecule has 0 amide bonds. The van der Waals surface area contributed by atoms with Gasteiger partial charge in [0.2, 0.25) is 5.89 Å². The number of hydrogen-bond donors (Lipinski definition) is 2. The van der Waals surface area contributed by atoms with Crippen LogP contribution in [0.5, 0.6) is 0 Å². The van der Waals surface area contributed by atoms with Crippen LogP contribution < -0.4 is 10.6 Å². The molecule has 0 aliphatic carbocycles. The number of guanidine groups is 1. The second-order valence-electron chi connectivity index (χ2n) is 6.74. The van der Waals surface area contributed by atoms with Crippen LogP contribution in [0.1, 0.15) is 17.1 Å². The number of oxazole rings is 1. The number of halogens is 1. The van der Waals surface area contributed by atoms with Crippen LogP contribution in [0.2, 0.25) is 0 Å². The van der Waals surface area contributed by atoms with Gasteiger partial charge in [-0.25, -0.2) is 4.98 Å². The van der Waals surface area contributed by atoms with E-state index in [0.717, 1.165) is 22.8 Å². The molecule has 8 nitrogen and oxygen atoms in total. The lowest BCUT2D eigenvalue weighted by atomic mass is 10.1. The summed E-state index contributed by atoms with van der Waals surface area (Å²) in [5.74, 6) is 2.02. The second-order valence-corrected chi connectivity index (χ2v) is 6.74. The Labute approximate surface area is 197 Å². The zero-order chi connectivity index (χ0) is 20.8. The number of nitrogens with zero attached hydrogens (tertiary/aromatic N) is 5. The number of aliphatic imine (C=N–C) groups is 1. The summed E-state index contributed by atoms with van der Waals surface area (Å²) in [7, 11) is 1.72. The van der Waals surface area contributed by atoms with Gasteiger partial charge in [-0.15, -0.1) is 34.2 Å². The van der Waals surface area contributed by atoms with E-state index >= 15 is 0 Å². The fourth-order valence-corrected chi connectivity index (χ4v) is 2.96. The summed E-state index contributed by atoms with van der Waals surface area (Å²) in [5, 5.41) is 14.7. The molecule has 0 aliphatic heterocycles. The minimum absolute atomic E-state index is 0. The molecule has 0 spiro atoms. The molecule has 0 fully saturated rings. The van der Waals surface area contributed by atoms with Gasteiger partial charge in [-0.05, 0) is 31.2 Å². The maximum absolute atomic E-state index is 5.61. The third kappa shape index (κ3) is 5.69. The number of benzene rings is 2. The van der Waals surface area contributed by atoms with Gasteiger partial charge in [0, 0.05) is 18.3 Å². The topological polar surface area (TPSA) is 93.2 Å². The molecule has 2 aromatic carbocycles. The maximum atomic E-state index is 5.61. The summed E-state index contributed by atoms with van der Waals surface area (Å²) >= 11 is 0. The van der Waals surface area contributed by atoms with E-state index in [1.807, 2.05) is 59.2 Å². The Morgan fingerprint density at radius 2 is 1.77 bits per heavy atom. The van der Waals surface area contributed by atoms with Gasteiger partial charge in [0.1, 0.15) is 12.6 Å². The van der Waals surface area contributed by atoms with Crippen molar-refractivity contribution in [2.75, 3.05) is 7.05 Å². The summed E-state index contributed by atoms with van der Waals surface area (Å²) < 4.78 is 7.54. The predicted octanol–water partition coefficient (Wildman–Crippen LogP) is 3.71. The largest absolute Gasteiger partial charge is 0.444 e. The molecule has 2 aromatic heterocycles. The lowest BCUT2D eigenvalue weighted by Crippen LogP contribution is -2.37. The molecule has 2 heterocycles. The molecule has 0 radical (unpaired) electrons. The second kappa shape index (κ2) is 10.7. The van der Waals surface area contributed by atoms with Crippen molar-refractivity contribution in [3.05, 3.63) is 84.3 Å². The molecule has 0 bridgehead atoms. The van der Waals surface area contributed by atoms with Crippen LogP contribution >= 0.6 is 24.0 Å². The molecule has 0 aliphatic rings. The first-order valence-electron chi connectivity index (χ1n) is 9.63. The highest BCUT2D eigenvalue weighted by atomic mass is 127. The van der Waals surface area contributed by atoms with E-state index < -0.39 is 0 Å². The molecule has 0 atom stereocenters. The Balaban J connectivity index is 0.00000272. The van der Waals surface area contributed by atoms with Crippen molar-refractivity contribution in [2.24, 2.45) is 4.99 Å². The molecule has 4 rings (SSSR count). The minimum Gasteiger partial charge on any atom is -0.444 e. The van der Waals surface area contributed by atoms with Crippen LogP contribution in [-0.4, -0.2) is 32.8 Å². The van der Waals surface area contributed by atoms with Crippen molar-refractivity contribution in [1.82, 2.24) is 30.4 Å². The Bertz CT molecular complexity index is 1120. The summed E-state index contributed by atoms with van der Waals surface area (Å²) in [6, 6.07) is 18.0. The SMILES string of the molecule is CN=C(NCc1coc(-c2ccc(C)cc2)n1)NCc1nncn1-c1ccccc1.I. The molecule has 4 aromatic rings. The Morgan fingerprint density at radius 1 is 1.03 bits per heavy atom. The first-order valence-corrected chi connectivity index (χ1v) is 9.63. The van der Waals surface area contributed by atoms with Crippen LogP contribution in [0.15, 0.2) is 76.6 Å². The van der Waals surface area contributed by atoms with E-state index in [2.05, 4.69) is 37.7 Å². The molecule has 0 saturated heterocycles. The van der Waals surface area contributed by atoms with Gasteiger partial charge >= 0.3 is 0 Å². The number of nitrogens with one attached hydrogen (secondary N) is 2. The zero-order valence-corrected chi connectivity index (χ0v) is 19.6. The lowest BCUT2D eigenvalue weighted by molar-refractivity contribution is 0.572. The van der Waals surface area contributed by atoms with Gasteiger partial charge in [0.15, 0.2) is 11.8 Å². The van der Waals surface area contributed by atoms with Crippen molar-refractivity contribution in [2.45, 2.75) is 20.0 Å². The number of aromatic nitrogens is 4. The summed E-state index contributed by atoms with van der Waals surface area (Å²) in [6.07, 6.45) is 3.35. The van der Waals surface area contributed by atoms with Gasteiger partial charge in [-0.1, -0.05) is 35.9 Å². The van der Waals surface area contributed by atoms with E-state index in [1.165, 1.54) is 5.56 Å². The van der Waals surface area contributed by atoms with E-state index in [-0.39, 0.29) is 24.0 Å². The molecular weight excluding hydrogens is 505 g/mol. The van der Waals surface area contributed by atoms with Crippen molar-refractivity contribution >= 4 is 29.9 Å². The van der Waals surface area contributed by atoms with Crippen molar-refractivity contribution in [3.8, 4) is 17.1 Å². The molecule has 2 N–H and O–H groups in total. The predicted molar refractivity (Wildman–Crippen MR) is 130 cm³/mol. The Hall–Kier alpha value is -3.21. The van der Waals surface area contributed by atoms with Gasteiger partial charge < -0.3 is 15.1 Å². The highest BCUT2D eigenvalue weighted by Gasteiger charge is 2.09. The standard InChI is InChI=1S/C22H23N7O.HI/c1-16-8-10-17(11-9-16)21-27-18(14-30-21)12-24-22(23-2)25-13-20-28-26-15-29(20)19-6-4-3-5-7-19;/h3-11,14-15H,12-13H2,1-2H3,(H2,23,24,25);1H. The van der Waals surface area contributed by atoms with Gasteiger partial charge in [-0.3, -0.25) is 9.56 Å². The third-order valence-electron chi connectivity index (χ3n) is 4.58. The fraction of sp³-hybridized carbons (Fsp3) is 0.182. The quantitative estimate of drug-likeness (QED) is 0.225.